The lowest BCUT2D eigenvalue weighted by Crippen LogP contribution is -2.32. The minimum Gasteiger partial charge on any atom is -0.355 e. The van der Waals surface area contributed by atoms with Crippen molar-refractivity contribution in [3.63, 3.8) is 0 Å². The fraction of sp³-hybridized carbons (Fsp3) is 0.348. The predicted molar refractivity (Wildman–Crippen MR) is 122 cm³/mol. The fourth-order valence-corrected chi connectivity index (χ4v) is 4.33. The fourth-order valence-electron chi connectivity index (χ4n) is 3.67. The molecule has 3 aromatic rings. The maximum atomic E-state index is 9.14. The van der Waals surface area contributed by atoms with Crippen molar-refractivity contribution in [3.05, 3.63) is 64.0 Å². The molecule has 2 N–H and O–H groups in total. The molecule has 0 bridgehead atoms. The number of rotatable bonds is 8. The largest absolute Gasteiger partial charge is 0.355 e. The standard InChI is InChI=1S/C23H26N6S/c1-2-5-18-13-22(28-23(26-18)27-19-7-3-6-17(12-19)14-24)29-10-9-20(16-29)25-15-21-8-4-11-30-21/h3-4,6-8,11-13,20,25H,2,5,9-10,15-16H2,1H3,(H,26,27,28)/t20-/m0/s1. The molecule has 2 aromatic heterocycles. The Morgan fingerprint density at radius 3 is 2.97 bits per heavy atom. The monoisotopic (exact) mass is 418 g/mol. The summed E-state index contributed by atoms with van der Waals surface area (Å²) in [5.41, 5.74) is 2.48. The summed E-state index contributed by atoms with van der Waals surface area (Å²) in [6.07, 6.45) is 3.05. The number of anilines is 3. The first kappa shape index (κ1) is 20.3. The number of aromatic nitrogens is 2. The van der Waals surface area contributed by atoms with Gasteiger partial charge in [0.2, 0.25) is 5.95 Å². The molecule has 0 amide bonds. The van der Waals surface area contributed by atoms with Crippen LogP contribution < -0.4 is 15.5 Å². The zero-order chi connectivity index (χ0) is 20.8. The average molecular weight is 419 g/mol. The molecule has 1 saturated heterocycles. The molecule has 1 aliphatic rings. The molecule has 1 aromatic carbocycles. The van der Waals surface area contributed by atoms with Gasteiger partial charge in [-0.3, -0.25) is 0 Å². The second-order valence-electron chi connectivity index (χ2n) is 7.50. The number of hydrogen-bond donors (Lipinski definition) is 2. The second kappa shape index (κ2) is 9.70. The zero-order valence-corrected chi connectivity index (χ0v) is 18.0. The first-order valence-corrected chi connectivity index (χ1v) is 11.3. The molecule has 0 saturated carbocycles. The minimum atomic E-state index is 0.459. The second-order valence-corrected chi connectivity index (χ2v) is 8.53. The van der Waals surface area contributed by atoms with E-state index in [1.54, 1.807) is 17.4 Å². The van der Waals surface area contributed by atoms with Crippen molar-refractivity contribution in [2.45, 2.75) is 38.8 Å². The van der Waals surface area contributed by atoms with Gasteiger partial charge < -0.3 is 15.5 Å². The van der Waals surface area contributed by atoms with Gasteiger partial charge in [0.15, 0.2) is 0 Å². The van der Waals surface area contributed by atoms with Gasteiger partial charge in [0.05, 0.1) is 11.6 Å². The highest BCUT2D eigenvalue weighted by atomic mass is 32.1. The summed E-state index contributed by atoms with van der Waals surface area (Å²) >= 11 is 1.79. The van der Waals surface area contributed by atoms with E-state index in [1.807, 2.05) is 18.2 Å². The summed E-state index contributed by atoms with van der Waals surface area (Å²) in [7, 11) is 0. The lowest BCUT2D eigenvalue weighted by molar-refractivity contribution is 0.554. The van der Waals surface area contributed by atoms with E-state index in [1.165, 1.54) is 4.88 Å². The highest BCUT2D eigenvalue weighted by Gasteiger charge is 2.24. The molecule has 0 aliphatic carbocycles. The first-order chi connectivity index (χ1) is 14.7. The molecular weight excluding hydrogens is 392 g/mol. The lowest BCUT2D eigenvalue weighted by atomic mass is 10.2. The molecule has 0 unspecified atom stereocenters. The summed E-state index contributed by atoms with van der Waals surface area (Å²) < 4.78 is 0. The Morgan fingerprint density at radius 2 is 2.17 bits per heavy atom. The van der Waals surface area contributed by atoms with Crippen molar-refractivity contribution in [1.29, 1.82) is 5.26 Å². The van der Waals surface area contributed by atoms with Gasteiger partial charge in [0.25, 0.3) is 0 Å². The summed E-state index contributed by atoms with van der Waals surface area (Å²) in [5.74, 6) is 1.55. The number of benzene rings is 1. The van der Waals surface area contributed by atoms with E-state index in [0.29, 0.717) is 17.6 Å². The van der Waals surface area contributed by atoms with Gasteiger partial charge in [0, 0.05) is 48.0 Å². The lowest BCUT2D eigenvalue weighted by Gasteiger charge is -2.20. The van der Waals surface area contributed by atoms with Crippen LogP contribution in [0.2, 0.25) is 0 Å². The van der Waals surface area contributed by atoms with Crippen LogP contribution in [0, 0.1) is 11.3 Å². The number of nitrogens with zero attached hydrogens (tertiary/aromatic N) is 4. The Hall–Kier alpha value is -2.95. The number of aryl methyl sites for hydroxylation is 1. The van der Waals surface area contributed by atoms with Gasteiger partial charge in [0.1, 0.15) is 5.82 Å². The Balaban J connectivity index is 1.47. The summed E-state index contributed by atoms with van der Waals surface area (Å²) in [6.45, 7) is 5.00. The van der Waals surface area contributed by atoms with Crippen LogP contribution in [0.3, 0.4) is 0 Å². The highest BCUT2D eigenvalue weighted by molar-refractivity contribution is 7.09. The molecule has 6 nitrogen and oxygen atoms in total. The van der Waals surface area contributed by atoms with Crippen LogP contribution in [0.25, 0.3) is 0 Å². The minimum absolute atomic E-state index is 0.459. The van der Waals surface area contributed by atoms with Crippen molar-refractivity contribution in [1.82, 2.24) is 15.3 Å². The SMILES string of the molecule is CCCc1cc(N2CC[C@H](NCc3cccs3)C2)nc(Nc2cccc(C#N)c2)n1. The topological polar surface area (TPSA) is 76.9 Å². The summed E-state index contributed by atoms with van der Waals surface area (Å²) in [5, 5.41) is 18.2. The van der Waals surface area contributed by atoms with Crippen LogP contribution in [0.4, 0.5) is 17.5 Å². The van der Waals surface area contributed by atoms with E-state index in [-0.39, 0.29) is 0 Å². The van der Waals surface area contributed by atoms with E-state index >= 15 is 0 Å². The quantitative estimate of drug-likeness (QED) is 0.562. The Morgan fingerprint density at radius 1 is 1.23 bits per heavy atom. The summed E-state index contributed by atoms with van der Waals surface area (Å²) in [6, 6.07) is 16.4. The normalized spacial score (nSPS) is 15.9. The molecule has 30 heavy (non-hydrogen) atoms. The van der Waals surface area contributed by atoms with Crippen LogP contribution in [-0.2, 0) is 13.0 Å². The third-order valence-electron chi connectivity index (χ3n) is 5.18. The maximum Gasteiger partial charge on any atom is 0.229 e. The number of nitrogens with one attached hydrogen (secondary N) is 2. The van der Waals surface area contributed by atoms with Crippen LogP contribution in [-0.4, -0.2) is 29.1 Å². The first-order valence-electron chi connectivity index (χ1n) is 10.4. The van der Waals surface area contributed by atoms with Crippen LogP contribution in [0.5, 0.6) is 0 Å². The van der Waals surface area contributed by atoms with E-state index in [9.17, 15) is 0 Å². The molecule has 7 heteroatoms. The Bertz CT molecular complexity index is 1010. The molecule has 1 fully saturated rings. The molecule has 1 aliphatic heterocycles. The average Bonchev–Trinajstić information content (AvgIpc) is 3.44. The Labute approximate surface area is 181 Å². The van der Waals surface area contributed by atoms with E-state index < -0.39 is 0 Å². The number of hydrogen-bond acceptors (Lipinski definition) is 7. The van der Waals surface area contributed by atoms with Crippen molar-refractivity contribution in [2.24, 2.45) is 0 Å². The van der Waals surface area contributed by atoms with Gasteiger partial charge >= 0.3 is 0 Å². The molecule has 0 spiro atoms. The molecular formula is C23H26N6S. The van der Waals surface area contributed by atoms with Crippen LogP contribution in [0.15, 0.2) is 47.8 Å². The van der Waals surface area contributed by atoms with Crippen molar-refractivity contribution in [3.8, 4) is 6.07 Å². The van der Waals surface area contributed by atoms with Gasteiger partial charge in [-0.15, -0.1) is 11.3 Å². The Kier molecular flexibility index (Phi) is 6.57. The van der Waals surface area contributed by atoms with Gasteiger partial charge in [-0.05, 0) is 42.5 Å². The molecule has 154 valence electrons. The molecule has 3 heterocycles. The molecule has 4 rings (SSSR count). The van der Waals surface area contributed by atoms with Crippen LogP contribution in [0.1, 0.15) is 35.9 Å². The summed E-state index contributed by atoms with van der Waals surface area (Å²) in [4.78, 5) is 13.2. The third kappa shape index (κ3) is 5.15. The van der Waals surface area contributed by atoms with Gasteiger partial charge in [-0.1, -0.05) is 25.5 Å². The van der Waals surface area contributed by atoms with Crippen LogP contribution >= 0.6 is 11.3 Å². The van der Waals surface area contributed by atoms with Crippen molar-refractivity contribution in [2.75, 3.05) is 23.3 Å². The predicted octanol–water partition coefficient (Wildman–Crippen LogP) is 4.47. The van der Waals surface area contributed by atoms with E-state index in [2.05, 4.69) is 57.1 Å². The number of thiophene rings is 1. The third-order valence-corrected chi connectivity index (χ3v) is 6.05. The van der Waals surface area contributed by atoms with E-state index in [4.69, 9.17) is 10.2 Å². The highest BCUT2D eigenvalue weighted by Crippen LogP contribution is 2.23. The van der Waals surface area contributed by atoms with Crippen molar-refractivity contribution >= 4 is 28.8 Å². The van der Waals surface area contributed by atoms with Gasteiger partial charge in [-0.2, -0.15) is 10.2 Å². The molecule has 0 radical (unpaired) electrons. The zero-order valence-electron chi connectivity index (χ0n) is 17.1. The van der Waals surface area contributed by atoms with Crippen molar-refractivity contribution < 1.29 is 0 Å². The van der Waals surface area contributed by atoms with Gasteiger partial charge in [-0.25, -0.2) is 4.98 Å². The number of nitriles is 1. The maximum absolute atomic E-state index is 9.14. The smallest absolute Gasteiger partial charge is 0.229 e. The molecule has 1 atom stereocenters. The van der Waals surface area contributed by atoms with E-state index in [0.717, 1.165) is 56.1 Å².